The van der Waals surface area contributed by atoms with E-state index >= 15 is 0 Å². The van der Waals surface area contributed by atoms with Crippen LogP contribution in [0.25, 0.3) is 5.69 Å². The highest BCUT2D eigenvalue weighted by molar-refractivity contribution is 7.90. The van der Waals surface area contributed by atoms with Crippen LogP contribution in [0.1, 0.15) is 20.3 Å². The fourth-order valence-corrected chi connectivity index (χ4v) is 3.46. The minimum absolute atomic E-state index is 0.128. The minimum atomic E-state index is -4.09. The molecule has 0 bridgehead atoms. The third-order valence-electron chi connectivity index (χ3n) is 4.05. The Kier molecular flexibility index (Phi) is 3.51. The lowest BCUT2D eigenvalue weighted by atomic mass is 10.1. The molecule has 1 heterocycles. The molecule has 122 valence electrons. The Hall–Kier alpha value is -2.22. The van der Waals surface area contributed by atoms with Crippen molar-refractivity contribution in [3.05, 3.63) is 42.5 Å². The summed E-state index contributed by atoms with van der Waals surface area (Å²) < 4.78 is 41.9. The van der Waals surface area contributed by atoms with E-state index in [4.69, 9.17) is 0 Å². The lowest BCUT2D eigenvalue weighted by Gasteiger charge is -2.09. The average molecular weight is 337 g/mol. The number of sulfonamides is 1. The zero-order valence-corrected chi connectivity index (χ0v) is 13.5. The maximum Gasteiger partial charge on any atom is 0.264 e. The van der Waals surface area contributed by atoms with Crippen molar-refractivity contribution in [1.29, 1.82) is 0 Å². The molecular weight excluding hydrogens is 321 g/mol. The summed E-state index contributed by atoms with van der Waals surface area (Å²) in [7, 11) is -4.09. The van der Waals surface area contributed by atoms with Gasteiger partial charge in [-0.2, -0.15) is 5.10 Å². The van der Waals surface area contributed by atoms with Gasteiger partial charge in [0.15, 0.2) is 0 Å². The molecule has 0 aliphatic heterocycles. The van der Waals surface area contributed by atoms with Gasteiger partial charge in [0.1, 0.15) is 11.5 Å². The van der Waals surface area contributed by atoms with Crippen LogP contribution in [0, 0.1) is 17.2 Å². The van der Waals surface area contributed by atoms with E-state index < -0.39 is 21.7 Å². The summed E-state index contributed by atoms with van der Waals surface area (Å²) in [5.74, 6) is -1.62. The van der Waals surface area contributed by atoms with Crippen LogP contribution >= 0.6 is 0 Å². The third kappa shape index (κ3) is 2.98. The SMILES string of the molecule is CC1(C)C[C@@H]1C(=O)NS(=O)(=O)c1ccc(-n2cccn2)c(F)c1. The van der Waals surface area contributed by atoms with Crippen molar-refractivity contribution in [1.82, 2.24) is 14.5 Å². The molecule has 1 fully saturated rings. The summed E-state index contributed by atoms with van der Waals surface area (Å²) in [6.07, 6.45) is 3.67. The summed E-state index contributed by atoms with van der Waals surface area (Å²) in [6.45, 7) is 3.78. The van der Waals surface area contributed by atoms with E-state index in [0.29, 0.717) is 6.42 Å². The molecule has 0 radical (unpaired) electrons. The second-order valence-corrected chi connectivity index (χ2v) is 7.96. The van der Waals surface area contributed by atoms with Gasteiger partial charge in [0.25, 0.3) is 10.0 Å². The molecule has 1 aliphatic rings. The average Bonchev–Trinajstić information content (AvgIpc) is 2.88. The Morgan fingerprint density at radius 2 is 2.13 bits per heavy atom. The number of carbonyl (C=O) groups excluding carboxylic acids is 1. The van der Waals surface area contributed by atoms with Gasteiger partial charge >= 0.3 is 0 Å². The van der Waals surface area contributed by atoms with E-state index in [2.05, 4.69) is 5.10 Å². The lowest BCUT2D eigenvalue weighted by molar-refractivity contribution is -0.121. The highest BCUT2D eigenvalue weighted by atomic mass is 32.2. The first-order chi connectivity index (χ1) is 10.7. The molecule has 1 N–H and O–H groups in total. The van der Waals surface area contributed by atoms with Crippen molar-refractivity contribution in [2.45, 2.75) is 25.2 Å². The number of hydrogen-bond donors (Lipinski definition) is 1. The first kappa shape index (κ1) is 15.7. The van der Waals surface area contributed by atoms with Crippen LogP contribution in [0.4, 0.5) is 4.39 Å². The molecular formula is C15H16FN3O3S. The molecule has 3 rings (SSSR count). The number of rotatable bonds is 4. The van der Waals surface area contributed by atoms with E-state index in [1.807, 2.05) is 18.6 Å². The molecule has 0 saturated heterocycles. The minimum Gasteiger partial charge on any atom is -0.274 e. The molecule has 1 aliphatic carbocycles. The van der Waals surface area contributed by atoms with Crippen LogP contribution in [0.3, 0.4) is 0 Å². The van der Waals surface area contributed by atoms with Gasteiger partial charge in [0, 0.05) is 18.3 Å². The van der Waals surface area contributed by atoms with Gasteiger partial charge in [-0.15, -0.1) is 0 Å². The van der Waals surface area contributed by atoms with E-state index in [9.17, 15) is 17.6 Å². The Morgan fingerprint density at radius 3 is 2.65 bits per heavy atom. The molecule has 0 spiro atoms. The zero-order chi connectivity index (χ0) is 16.8. The van der Waals surface area contributed by atoms with Gasteiger partial charge in [0.05, 0.1) is 4.90 Å². The molecule has 6 nitrogen and oxygen atoms in total. The van der Waals surface area contributed by atoms with Gasteiger partial charge in [-0.05, 0) is 36.1 Å². The van der Waals surface area contributed by atoms with Crippen LogP contribution < -0.4 is 4.72 Å². The summed E-state index contributed by atoms with van der Waals surface area (Å²) in [5, 5.41) is 3.89. The van der Waals surface area contributed by atoms with Crippen molar-refractivity contribution < 1.29 is 17.6 Å². The smallest absolute Gasteiger partial charge is 0.264 e. The second-order valence-electron chi connectivity index (χ2n) is 6.28. The standard InChI is InChI=1S/C15H16FN3O3S/c1-15(2)9-11(15)14(20)18-23(21,22)10-4-5-13(12(16)8-10)19-7-3-6-17-19/h3-8,11H,9H2,1-2H3,(H,18,20)/t11-/m1/s1. The van der Waals surface area contributed by atoms with E-state index in [0.717, 1.165) is 6.07 Å². The molecule has 1 aromatic carbocycles. The Balaban J connectivity index is 1.83. The lowest BCUT2D eigenvalue weighted by Crippen LogP contribution is -2.32. The van der Waals surface area contributed by atoms with Crippen molar-refractivity contribution in [3.63, 3.8) is 0 Å². The summed E-state index contributed by atoms with van der Waals surface area (Å²) >= 11 is 0. The number of halogens is 1. The van der Waals surface area contributed by atoms with Crippen LogP contribution in [0.5, 0.6) is 0 Å². The Bertz CT molecular complexity index is 860. The van der Waals surface area contributed by atoms with Crippen molar-refractivity contribution in [3.8, 4) is 5.69 Å². The quantitative estimate of drug-likeness (QED) is 0.923. The summed E-state index contributed by atoms with van der Waals surface area (Å²) in [5.41, 5.74) is -0.0574. The first-order valence-corrected chi connectivity index (χ1v) is 8.55. The van der Waals surface area contributed by atoms with Crippen molar-refractivity contribution >= 4 is 15.9 Å². The molecule has 1 amide bonds. The topological polar surface area (TPSA) is 81.1 Å². The van der Waals surface area contributed by atoms with Crippen LogP contribution in [-0.2, 0) is 14.8 Å². The number of nitrogens with zero attached hydrogens (tertiary/aromatic N) is 2. The maximum absolute atomic E-state index is 14.1. The Labute approximate surface area is 133 Å². The molecule has 1 aromatic heterocycles. The number of carbonyl (C=O) groups is 1. The van der Waals surface area contributed by atoms with Crippen molar-refractivity contribution in [2.24, 2.45) is 11.3 Å². The predicted molar refractivity (Wildman–Crippen MR) is 80.7 cm³/mol. The van der Waals surface area contributed by atoms with Crippen LogP contribution in [0.2, 0.25) is 0 Å². The third-order valence-corrected chi connectivity index (χ3v) is 5.39. The number of nitrogens with one attached hydrogen (secondary N) is 1. The molecule has 1 atom stereocenters. The molecule has 23 heavy (non-hydrogen) atoms. The highest BCUT2D eigenvalue weighted by Gasteiger charge is 2.51. The van der Waals surface area contributed by atoms with Gasteiger partial charge < -0.3 is 0 Å². The van der Waals surface area contributed by atoms with E-state index in [1.165, 1.54) is 23.0 Å². The number of aromatic nitrogens is 2. The summed E-state index contributed by atoms with van der Waals surface area (Å²) in [6, 6.07) is 5.06. The fourth-order valence-electron chi connectivity index (χ4n) is 2.43. The van der Waals surface area contributed by atoms with E-state index in [-0.39, 0.29) is 21.9 Å². The molecule has 0 unspecified atom stereocenters. The molecule has 8 heteroatoms. The first-order valence-electron chi connectivity index (χ1n) is 7.07. The highest BCUT2D eigenvalue weighted by Crippen LogP contribution is 2.51. The monoisotopic (exact) mass is 337 g/mol. The zero-order valence-electron chi connectivity index (χ0n) is 12.7. The van der Waals surface area contributed by atoms with Gasteiger partial charge in [-0.25, -0.2) is 22.2 Å². The molecule has 1 saturated carbocycles. The van der Waals surface area contributed by atoms with Crippen LogP contribution in [0.15, 0.2) is 41.6 Å². The predicted octanol–water partition coefficient (Wildman–Crippen LogP) is 1.86. The largest absolute Gasteiger partial charge is 0.274 e. The van der Waals surface area contributed by atoms with Gasteiger partial charge in [-0.1, -0.05) is 13.8 Å². The van der Waals surface area contributed by atoms with Crippen LogP contribution in [-0.4, -0.2) is 24.1 Å². The van der Waals surface area contributed by atoms with Gasteiger partial charge in [-0.3, -0.25) is 4.79 Å². The van der Waals surface area contributed by atoms with E-state index in [1.54, 1.807) is 12.3 Å². The normalized spacial score (nSPS) is 19.3. The maximum atomic E-state index is 14.1. The second kappa shape index (κ2) is 5.16. The number of benzene rings is 1. The summed E-state index contributed by atoms with van der Waals surface area (Å²) in [4.78, 5) is 11.7. The molecule has 2 aromatic rings. The number of amides is 1. The van der Waals surface area contributed by atoms with Gasteiger partial charge in [0.2, 0.25) is 5.91 Å². The fraction of sp³-hybridized carbons (Fsp3) is 0.333. The van der Waals surface area contributed by atoms with Crippen molar-refractivity contribution in [2.75, 3.05) is 0 Å². The Morgan fingerprint density at radius 1 is 1.43 bits per heavy atom. The number of hydrogen-bond acceptors (Lipinski definition) is 4.